The molecule has 3 aliphatic rings. The Labute approximate surface area is 202 Å². The molecule has 11 heteroatoms. The van der Waals surface area contributed by atoms with Crippen LogP contribution in [0, 0.1) is 5.92 Å². The van der Waals surface area contributed by atoms with Gasteiger partial charge in [-0.2, -0.15) is 10.2 Å². The van der Waals surface area contributed by atoms with Crippen LogP contribution < -0.4 is 10.2 Å². The average molecular weight is 486 g/mol. The molecule has 2 unspecified atom stereocenters. The SMILES string of the molecule is CC1(N2CCN(c3cc4c(cnn4-c4cnn(C5CC5CNC(=O)O)c4)cc3Cl)CC2)COC1. The standard InChI is InChI=1S/C23H28ClN7O3/c1-23(13-34-14-23)29-4-2-28(3-5-29)21-8-20-15(6-18(21)24)10-27-31(20)17-11-26-30(12-17)19-7-16(19)9-25-22(32)33/h6,8,10-12,16,19,25H,2-5,7,9,13-14H2,1H3,(H,32,33). The second-order valence-corrected chi connectivity index (χ2v) is 10.2. The topological polar surface area (TPSA) is 101 Å². The predicted octanol–water partition coefficient (Wildman–Crippen LogP) is 2.61. The van der Waals surface area contributed by atoms with Gasteiger partial charge in [0.2, 0.25) is 0 Å². The predicted molar refractivity (Wildman–Crippen MR) is 128 cm³/mol. The zero-order valence-corrected chi connectivity index (χ0v) is 19.8. The third kappa shape index (κ3) is 3.79. The van der Waals surface area contributed by atoms with Crippen LogP contribution in [-0.4, -0.2) is 87.1 Å². The summed E-state index contributed by atoms with van der Waals surface area (Å²) in [5.41, 5.74) is 3.06. The smallest absolute Gasteiger partial charge is 0.404 e. The molecule has 180 valence electrons. The van der Waals surface area contributed by atoms with Gasteiger partial charge in [0.25, 0.3) is 0 Å². The van der Waals surface area contributed by atoms with Gasteiger partial charge in [-0.1, -0.05) is 11.6 Å². The monoisotopic (exact) mass is 485 g/mol. The average Bonchev–Trinajstić information content (AvgIpc) is 3.21. The summed E-state index contributed by atoms with van der Waals surface area (Å²) in [6, 6.07) is 4.33. The minimum Gasteiger partial charge on any atom is -0.465 e. The molecule has 1 aliphatic carbocycles. The van der Waals surface area contributed by atoms with E-state index < -0.39 is 6.09 Å². The van der Waals surface area contributed by atoms with Crippen LogP contribution >= 0.6 is 11.6 Å². The lowest BCUT2D eigenvalue weighted by atomic mass is 9.97. The summed E-state index contributed by atoms with van der Waals surface area (Å²) < 4.78 is 9.26. The molecule has 34 heavy (non-hydrogen) atoms. The molecule has 0 spiro atoms. The molecule has 4 heterocycles. The fourth-order valence-electron chi connectivity index (χ4n) is 5.16. The van der Waals surface area contributed by atoms with Crippen LogP contribution in [-0.2, 0) is 4.74 Å². The Kier molecular flexibility index (Phi) is 5.20. The summed E-state index contributed by atoms with van der Waals surface area (Å²) in [7, 11) is 0. The number of rotatable bonds is 6. The van der Waals surface area contributed by atoms with Crippen molar-refractivity contribution in [2.24, 2.45) is 5.92 Å². The molecule has 2 aliphatic heterocycles. The summed E-state index contributed by atoms with van der Waals surface area (Å²) in [6.07, 6.45) is 5.54. The molecule has 1 amide bonds. The van der Waals surface area contributed by atoms with E-state index in [1.807, 2.05) is 27.8 Å². The normalized spacial score (nSPS) is 24.2. The number of hydrogen-bond donors (Lipinski definition) is 2. The van der Waals surface area contributed by atoms with E-state index >= 15 is 0 Å². The number of fused-ring (bicyclic) bond motifs is 1. The summed E-state index contributed by atoms with van der Waals surface area (Å²) in [4.78, 5) is 15.6. The van der Waals surface area contributed by atoms with E-state index in [2.05, 4.69) is 38.3 Å². The summed E-state index contributed by atoms with van der Waals surface area (Å²) in [6.45, 7) is 8.14. The van der Waals surface area contributed by atoms with Crippen molar-refractivity contribution in [1.29, 1.82) is 0 Å². The molecule has 2 atom stereocenters. The number of halogens is 1. The highest BCUT2D eigenvalue weighted by molar-refractivity contribution is 6.34. The molecule has 3 aromatic rings. The number of piperazine rings is 1. The molecule has 2 N–H and O–H groups in total. The second-order valence-electron chi connectivity index (χ2n) is 9.81. The molecule has 0 bridgehead atoms. The number of anilines is 1. The molecule has 1 saturated carbocycles. The van der Waals surface area contributed by atoms with Crippen LogP contribution in [0.4, 0.5) is 10.5 Å². The fraction of sp³-hybridized carbons (Fsp3) is 0.522. The Hall–Kier alpha value is -2.82. The van der Waals surface area contributed by atoms with E-state index in [1.54, 1.807) is 6.20 Å². The number of carbonyl (C=O) groups is 1. The summed E-state index contributed by atoms with van der Waals surface area (Å²) in [5, 5.41) is 22.1. The lowest BCUT2D eigenvalue weighted by molar-refractivity contribution is -0.131. The van der Waals surface area contributed by atoms with Gasteiger partial charge in [-0.3, -0.25) is 9.58 Å². The lowest BCUT2D eigenvalue weighted by Crippen LogP contribution is -2.64. The number of ether oxygens (including phenoxy) is 1. The van der Waals surface area contributed by atoms with Gasteiger partial charge in [0, 0.05) is 44.0 Å². The Bertz CT molecular complexity index is 1230. The first kappa shape index (κ1) is 21.7. The maximum absolute atomic E-state index is 10.7. The highest BCUT2D eigenvalue weighted by Crippen LogP contribution is 2.42. The van der Waals surface area contributed by atoms with Crippen molar-refractivity contribution in [3.05, 3.63) is 35.7 Å². The van der Waals surface area contributed by atoms with Crippen LogP contribution in [0.15, 0.2) is 30.7 Å². The quantitative estimate of drug-likeness (QED) is 0.553. The number of nitrogens with zero attached hydrogens (tertiary/aromatic N) is 6. The largest absolute Gasteiger partial charge is 0.465 e. The first-order valence-corrected chi connectivity index (χ1v) is 12.1. The highest BCUT2D eigenvalue weighted by Gasteiger charge is 2.41. The zero-order valence-electron chi connectivity index (χ0n) is 19.0. The third-order valence-corrected chi connectivity index (χ3v) is 7.72. The van der Waals surface area contributed by atoms with Crippen molar-refractivity contribution in [1.82, 2.24) is 29.8 Å². The number of hydrogen-bond acceptors (Lipinski definition) is 6. The Morgan fingerprint density at radius 1 is 1.24 bits per heavy atom. The van der Waals surface area contributed by atoms with E-state index in [4.69, 9.17) is 21.4 Å². The number of carboxylic acid groups (broad SMARTS) is 1. The lowest BCUT2D eigenvalue weighted by Gasteiger charge is -2.50. The molecule has 2 aromatic heterocycles. The molecular formula is C23H28ClN7O3. The minimum absolute atomic E-state index is 0.170. The molecule has 0 radical (unpaired) electrons. The Morgan fingerprint density at radius 3 is 2.74 bits per heavy atom. The molecule has 1 aromatic carbocycles. The fourth-order valence-corrected chi connectivity index (χ4v) is 5.45. The molecule has 3 fully saturated rings. The van der Waals surface area contributed by atoms with Crippen LogP contribution in [0.5, 0.6) is 0 Å². The van der Waals surface area contributed by atoms with Gasteiger partial charge in [-0.15, -0.1) is 0 Å². The maximum Gasteiger partial charge on any atom is 0.404 e. The molecule has 10 nitrogen and oxygen atoms in total. The second kappa shape index (κ2) is 8.14. The summed E-state index contributed by atoms with van der Waals surface area (Å²) >= 11 is 6.70. The Balaban J connectivity index is 1.20. The number of benzene rings is 1. The molecule has 2 saturated heterocycles. The first-order valence-electron chi connectivity index (χ1n) is 11.7. The van der Waals surface area contributed by atoms with E-state index in [9.17, 15) is 4.79 Å². The number of nitrogens with one attached hydrogen (secondary N) is 1. The van der Waals surface area contributed by atoms with E-state index in [0.717, 1.165) is 73.1 Å². The first-order chi connectivity index (χ1) is 16.4. The van der Waals surface area contributed by atoms with Gasteiger partial charge in [0.1, 0.15) is 5.69 Å². The van der Waals surface area contributed by atoms with Gasteiger partial charge in [-0.25, -0.2) is 9.48 Å². The molecule has 6 rings (SSSR count). The van der Waals surface area contributed by atoms with Gasteiger partial charge in [-0.05, 0) is 25.5 Å². The van der Waals surface area contributed by atoms with Crippen molar-refractivity contribution in [3.8, 4) is 5.69 Å². The van der Waals surface area contributed by atoms with Crippen LogP contribution in [0.25, 0.3) is 16.6 Å². The summed E-state index contributed by atoms with van der Waals surface area (Å²) in [5.74, 6) is 0.274. The van der Waals surface area contributed by atoms with Gasteiger partial charge < -0.3 is 20.1 Å². The van der Waals surface area contributed by atoms with E-state index in [-0.39, 0.29) is 17.5 Å². The van der Waals surface area contributed by atoms with Crippen LogP contribution in [0.1, 0.15) is 19.4 Å². The van der Waals surface area contributed by atoms with Crippen molar-refractivity contribution in [3.63, 3.8) is 0 Å². The van der Waals surface area contributed by atoms with Crippen molar-refractivity contribution in [2.75, 3.05) is 50.8 Å². The van der Waals surface area contributed by atoms with Crippen molar-refractivity contribution in [2.45, 2.75) is 24.9 Å². The number of aromatic nitrogens is 4. The highest BCUT2D eigenvalue weighted by atomic mass is 35.5. The van der Waals surface area contributed by atoms with Crippen LogP contribution in [0.2, 0.25) is 5.02 Å². The van der Waals surface area contributed by atoms with Crippen molar-refractivity contribution < 1.29 is 14.6 Å². The molecular weight excluding hydrogens is 458 g/mol. The Morgan fingerprint density at radius 2 is 2.03 bits per heavy atom. The van der Waals surface area contributed by atoms with Gasteiger partial charge in [0.05, 0.1) is 59.6 Å². The minimum atomic E-state index is -0.989. The van der Waals surface area contributed by atoms with Crippen LogP contribution in [0.3, 0.4) is 0 Å². The van der Waals surface area contributed by atoms with Gasteiger partial charge in [0.15, 0.2) is 0 Å². The number of amides is 1. The van der Waals surface area contributed by atoms with E-state index in [1.165, 1.54) is 0 Å². The third-order valence-electron chi connectivity index (χ3n) is 7.42. The van der Waals surface area contributed by atoms with E-state index in [0.29, 0.717) is 6.54 Å². The van der Waals surface area contributed by atoms with Crippen molar-refractivity contribution >= 4 is 34.3 Å². The van der Waals surface area contributed by atoms with Gasteiger partial charge >= 0.3 is 6.09 Å². The zero-order chi connectivity index (χ0) is 23.4. The maximum atomic E-state index is 10.7.